The predicted octanol–water partition coefficient (Wildman–Crippen LogP) is 4.38. The van der Waals surface area contributed by atoms with Crippen molar-refractivity contribution in [2.24, 2.45) is 0 Å². The molecule has 108 valence electrons. The molecule has 22 heavy (non-hydrogen) atoms. The summed E-state index contributed by atoms with van der Waals surface area (Å²) in [5.74, 6) is 12.4. The highest BCUT2D eigenvalue weighted by molar-refractivity contribution is 5.83. The molecule has 1 N–H and O–H groups in total. The molecule has 0 spiro atoms. The molecule has 3 rings (SSSR count). The number of fused-ring (bicyclic) bond motifs is 1. The Morgan fingerprint density at radius 3 is 2.55 bits per heavy atom. The summed E-state index contributed by atoms with van der Waals surface area (Å²) in [7, 11) is 0. The Kier molecular flexibility index (Phi) is 4.59. The Bertz CT molecular complexity index is 821. The van der Waals surface area contributed by atoms with E-state index in [2.05, 4.69) is 35.8 Å². The average Bonchev–Trinajstić information content (AvgIpc) is 2.58. The quantitative estimate of drug-likeness (QED) is 0.812. The summed E-state index contributed by atoms with van der Waals surface area (Å²) < 4.78 is 0. The molecule has 0 bridgehead atoms. The molecule has 0 amide bonds. The Morgan fingerprint density at radius 2 is 1.68 bits per heavy atom. The molecule has 0 aromatic heterocycles. The second-order valence-electron chi connectivity index (χ2n) is 5.44. The van der Waals surface area contributed by atoms with Crippen LogP contribution in [0, 0.1) is 23.7 Å². The van der Waals surface area contributed by atoms with Crippen LogP contribution >= 0.6 is 0 Å². The summed E-state index contributed by atoms with van der Waals surface area (Å²) in [5.41, 5.74) is 1.54. The Hall–Kier alpha value is -2.48. The first-order chi connectivity index (χ1) is 10.8. The molecule has 0 radical (unpaired) electrons. The molecule has 1 aliphatic rings. The van der Waals surface area contributed by atoms with Crippen LogP contribution in [0.5, 0.6) is 0 Å². The fourth-order valence-electron chi connectivity index (χ4n) is 2.53. The monoisotopic (exact) mass is 286 g/mol. The number of hydrogen-bond donors (Lipinski definition) is 1. The molecule has 1 atom stereocenters. The van der Waals surface area contributed by atoms with Crippen LogP contribution < -0.4 is 0 Å². The van der Waals surface area contributed by atoms with Crippen LogP contribution in [0.2, 0.25) is 0 Å². The van der Waals surface area contributed by atoms with Crippen LogP contribution in [0.25, 0.3) is 10.8 Å². The lowest BCUT2D eigenvalue weighted by atomic mass is 9.98. The highest BCUT2D eigenvalue weighted by Gasteiger charge is 2.12. The van der Waals surface area contributed by atoms with Gasteiger partial charge in [0.2, 0.25) is 0 Å². The van der Waals surface area contributed by atoms with Crippen LogP contribution in [0.4, 0.5) is 0 Å². The molecule has 0 aliphatic heterocycles. The van der Waals surface area contributed by atoms with Gasteiger partial charge in [0.15, 0.2) is 0 Å². The molecule has 2 aromatic carbocycles. The van der Waals surface area contributed by atoms with Gasteiger partial charge in [-0.05, 0) is 35.2 Å². The van der Waals surface area contributed by atoms with E-state index in [-0.39, 0.29) is 0 Å². The maximum Gasteiger partial charge on any atom is 0.112 e. The van der Waals surface area contributed by atoms with Crippen LogP contribution in [0.3, 0.4) is 0 Å². The average molecular weight is 286 g/mol. The third-order valence-electron chi connectivity index (χ3n) is 3.80. The van der Waals surface area contributed by atoms with Gasteiger partial charge in [0.1, 0.15) is 6.10 Å². The van der Waals surface area contributed by atoms with Gasteiger partial charge >= 0.3 is 0 Å². The van der Waals surface area contributed by atoms with Gasteiger partial charge < -0.3 is 5.11 Å². The molecule has 1 heteroatoms. The van der Waals surface area contributed by atoms with E-state index in [0.717, 1.165) is 36.6 Å². The number of allylic oxidation sites excluding steroid dienone is 1. The maximum atomic E-state index is 10.6. The van der Waals surface area contributed by atoms with E-state index in [1.807, 2.05) is 30.3 Å². The molecule has 0 saturated heterocycles. The van der Waals surface area contributed by atoms with Crippen molar-refractivity contribution in [2.75, 3.05) is 0 Å². The van der Waals surface area contributed by atoms with Gasteiger partial charge in [-0.3, -0.25) is 0 Å². The number of aliphatic hydroxyl groups is 1. The van der Waals surface area contributed by atoms with Crippen molar-refractivity contribution in [3.8, 4) is 23.7 Å². The Morgan fingerprint density at radius 1 is 0.909 bits per heavy atom. The van der Waals surface area contributed by atoms with E-state index in [4.69, 9.17) is 0 Å². The standard InChI is InChI=1S/C21H18O/c22-21(18-11-6-4-2-1-3-5-7-12-18)20-15-14-17-10-8-9-13-19(17)16-20/h8-10,12-16,21-22H,1-4H2/b18-12+. The fourth-order valence-corrected chi connectivity index (χ4v) is 2.53. The molecule has 1 unspecified atom stereocenters. The summed E-state index contributed by atoms with van der Waals surface area (Å²) in [6, 6.07) is 14.2. The van der Waals surface area contributed by atoms with Gasteiger partial charge in [-0.1, -0.05) is 60.1 Å². The van der Waals surface area contributed by atoms with Crippen molar-refractivity contribution in [2.45, 2.75) is 31.8 Å². The van der Waals surface area contributed by atoms with Crippen molar-refractivity contribution in [3.63, 3.8) is 0 Å². The van der Waals surface area contributed by atoms with Crippen LogP contribution in [-0.2, 0) is 0 Å². The summed E-state index contributed by atoms with van der Waals surface area (Å²) in [5, 5.41) is 12.9. The second kappa shape index (κ2) is 6.99. The SMILES string of the molecule is OC(/C1=C/C#CCCCCC#C1)c1ccc2ccccc2c1. The first-order valence-electron chi connectivity index (χ1n) is 7.69. The molecular weight excluding hydrogens is 268 g/mol. The van der Waals surface area contributed by atoms with Crippen molar-refractivity contribution >= 4 is 10.8 Å². The predicted molar refractivity (Wildman–Crippen MR) is 91.0 cm³/mol. The lowest BCUT2D eigenvalue weighted by molar-refractivity contribution is 0.221. The molecule has 2 aromatic rings. The smallest absolute Gasteiger partial charge is 0.112 e. The first-order valence-corrected chi connectivity index (χ1v) is 7.69. The van der Waals surface area contributed by atoms with Crippen molar-refractivity contribution < 1.29 is 5.11 Å². The number of aliphatic hydroxyl groups excluding tert-OH is 1. The third-order valence-corrected chi connectivity index (χ3v) is 3.80. The van der Waals surface area contributed by atoms with E-state index in [1.165, 1.54) is 5.39 Å². The highest BCUT2D eigenvalue weighted by atomic mass is 16.3. The largest absolute Gasteiger partial charge is 0.383 e. The zero-order chi connectivity index (χ0) is 15.2. The minimum absolute atomic E-state index is 0.685. The van der Waals surface area contributed by atoms with E-state index in [0.29, 0.717) is 5.57 Å². The molecule has 1 aliphatic carbocycles. The van der Waals surface area contributed by atoms with Gasteiger partial charge in [0.25, 0.3) is 0 Å². The fraction of sp³-hybridized carbons (Fsp3) is 0.238. The van der Waals surface area contributed by atoms with Gasteiger partial charge in [-0.25, -0.2) is 0 Å². The summed E-state index contributed by atoms with van der Waals surface area (Å²) in [4.78, 5) is 0. The van der Waals surface area contributed by atoms with Crippen molar-refractivity contribution in [1.82, 2.24) is 0 Å². The minimum atomic E-state index is -0.717. The van der Waals surface area contributed by atoms with E-state index in [9.17, 15) is 5.11 Å². The number of benzene rings is 2. The van der Waals surface area contributed by atoms with E-state index in [1.54, 1.807) is 6.08 Å². The lowest BCUT2D eigenvalue weighted by Gasteiger charge is -2.11. The van der Waals surface area contributed by atoms with Crippen LogP contribution in [0.15, 0.2) is 54.1 Å². The van der Waals surface area contributed by atoms with E-state index >= 15 is 0 Å². The van der Waals surface area contributed by atoms with Gasteiger partial charge in [0, 0.05) is 24.5 Å². The summed E-state index contributed by atoms with van der Waals surface area (Å²) in [6.45, 7) is 0. The normalized spacial score (nSPS) is 18.1. The van der Waals surface area contributed by atoms with Crippen molar-refractivity contribution in [3.05, 3.63) is 59.7 Å². The van der Waals surface area contributed by atoms with Crippen LogP contribution in [0.1, 0.15) is 37.4 Å². The Balaban J connectivity index is 1.95. The number of rotatable bonds is 2. The van der Waals surface area contributed by atoms with Gasteiger partial charge in [-0.2, -0.15) is 0 Å². The van der Waals surface area contributed by atoms with Crippen LogP contribution in [-0.4, -0.2) is 5.11 Å². The summed E-state index contributed by atoms with van der Waals surface area (Å²) >= 11 is 0. The first kappa shape index (κ1) is 14.5. The van der Waals surface area contributed by atoms with Crippen molar-refractivity contribution in [1.29, 1.82) is 0 Å². The zero-order valence-corrected chi connectivity index (χ0v) is 12.5. The topological polar surface area (TPSA) is 20.2 Å². The second-order valence-corrected chi connectivity index (χ2v) is 5.44. The minimum Gasteiger partial charge on any atom is -0.383 e. The Labute approximate surface area is 131 Å². The highest BCUT2D eigenvalue weighted by Crippen LogP contribution is 2.25. The van der Waals surface area contributed by atoms with Gasteiger partial charge in [0.05, 0.1) is 0 Å². The van der Waals surface area contributed by atoms with E-state index < -0.39 is 6.10 Å². The third kappa shape index (κ3) is 3.40. The molecule has 1 nitrogen and oxygen atoms in total. The maximum absolute atomic E-state index is 10.6. The molecular formula is C21H18O. The molecule has 0 heterocycles. The lowest BCUT2D eigenvalue weighted by Crippen LogP contribution is -2.00. The number of hydrogen-bond acceptors (Lipinski definition) is 1. The summed E-state index contributed by atoms with van der Waals surface area (Å²) in [6.07, 6.45) is 4.98. The molecule has 0 fully saturated rings. The zero-order valence-electron chi connectivity index (χ0n) is 12.5. The van der Waals surface area contributed by atoms with Gasteiger partial charge in [-0.15, -0.1) is 0 Å². The molecule has 0 saturated carbocycles.